The quantitative estimate of drug-likeness (QED) is 0.665. The lowest BCUT2D eigenvalue weighted by atomic mass is 9.81. The summed E-state index contributed by atoms with van der Waals surface area (Å²) in [4.78, 5) is 32.8. The van der Waals surface area contributed by atoms with Crippen molar-refractivity contribution < 1.29 is 34.1 Å². The highest BCUT2D eigenvalue weighted by atomic mass is 19.1. The highest BCUT2D eigenvalue weighted by Crippen LogP contribution is 2.25. The van der Waals surface area contributed by atoms with Crippen molar-refractivity contribution in [3.63, 3.8) is 0 Å². The fourth-order valence-corrected chi connectivity index (χ4v) is 1.41. The summed E-state index contributed by atoms with van der Waals surface area (Å²) < 4.78 is 12.6. The molecule has 1 aromatic rings. The molecule has 0 saturated heterocycles. The lowest BCUT2D eigenvalue weighted by Gasteiger charge is -2.19. The Morgan fingerprint density at radius 2 is 1.33 bits per heavy atom. The second-order valence-corrected chi connectivity index (χ2v) is 3.62. The summed E-state index contributed by atoms with van der Waals surface area (Å²) >= 11 is 0. The summed E-state index contributed by atoms with van der Waals surface area (Å²) in [5.41, 5.74) is -2.87. The van der Waals surface area contributed by atoms with Gasteiger partial charge in [0.05, 0.1) is 0 Å². The smallest absolute Gasteiger partial charge is 0.333 e. The molecule has 0 radical (unpaired) electrons. The molecule has 6 nitrogen and oxygen atoms in total. The topological polar surface area (TPSA) is 112 Å². The minimum absolute atomic E-state index is 0.101. The second kappa shape index (κ2) is 4.82. The molecule has 1 aromatic carbocycles. The number of hydrogen-bond acceptors (Lipinski definition) is 3. The van der Waals surface area contributed by atoms with E-state index in [4.69, 9.17) is 15.3 Å². The number of carboxylic acid groups (broad SMARTS) is 3. The summed E-state index contributed by atoms with van der Waals surface area (Å²) in [5.74, 6) is -6.53. The molecule has 3 N–H and O–H groups in total. The molecule has 96 valence electrons. The van der Waals surface area contributed by atoms with Gasteiger partial charge >= 0.3 is 17.9 Å². The number of hydrogen-bond donors (Lipinski definition) is 3. The molecule has 0 aliphatic carbocycles. The van der Waals surface area contributed by atoms with Crippen LogP contribution in [0.3, 0.4) is 0 Å². The lowest BCUT2D eigenvalue weighted by Crippen LogP contribution is -2.48. The van der Waals surface area contributed by atoms with Gasteiger partial charge in [0.15, 0.2) is 0 Å². The first-order chi connectivity index (χ1) is 8.30. The summed E-state index contributed by atoms with van der Waals surface area (Å²) in [5, 5.41) is 26.5. The van der Waals surface area contributed by atoms with E-state index in [0.717, 1.165) is 24.3 Å². The lowest BCUT2D eigenvalue weighted by molar-refractivity contribution is -0.175. The molecule has 0 heterocycles. The monoisotopic (exact) mass is 256 g/mol. The maximum atomic E-state index is 12.6. The molecular formula is C11H9FO6. The maximum absolute atomic E-state index is 12.6. The van der Waals surface area contributed by atoms with Gasteiger partial charge in [0, 0.05) is 6.42 Å². The fraction of sp³-hybridized carbons (Fsp3) is 0.182. The zero-order valence-electron chi connectivity index (χ0n) is 8.96. The first-order valence-corrected chi connectivity index (χ1v) is 4.75. The summed E-state index contributed by atoms with van der Waals surface area (Å²) in [7, 11) is 0. The van der Waals surface area contributed by atoms with Crippen LogP contribution in [-0.4, -0.2) is 33.2 Å². The van der Waals surface area contributed by atoms with E-state index in [-0.39, 0.29) is 5.56 Å². The van der Waals surface area contributed by atoms with Crippen LogP contribution in [0.5, 0.6) is 0 Å². The molecule has 0 unspecified atom stereocenters. The van der Waals surface area contributed by atoms with Crippen molar-refractivity contribution >= 4 is 17.9 Å². The van der Waals surface area contributed by atoms with Gasteiger partial charge in [-0.1, -0.05) is 12.1 Å². The normalized spacial score (nSPS) is 10.9. The van der Waals surface area contributed by atoms with E-state index < -0.39 is 35.6 Å². The molecule has 0 aromatic heterocycles. The largest absolute Gasteiger partial charge is 0.480 e. The minimum atomic E-state index is -2.97. The molecule has 0 amide bonds. The zero-order chi connectivity index (χ0) is 13.9. The molecule has 0 atom stereocenters. The van der Waals surface area contributed by atoms with Crippen LogP contribution in [0.25, 0.3) is 0 Å². The van der Waals surface area contributed by atoms with E-state index in [9.17, 15) is 18.8 Å². The van der Waals surface area contributed by atoms with Gasteiger partial charge < -0.3 is 15.3 Å². The van der Waals surface area contributed by atoms with Crippen LogP contribution >= 0.6 is 0 Å². The Labute approximate surface area is 100 Å². The third-order valence-electron chi connectivity index (χ3n) is 2.48. The highest BCUT2D eigenvalue weighted by molar-refractivity contribution is 6.16. The van der Waals surface area contributed by atoms with Gasteiger partial charge in [0.25, 0.3) is 5.41 Å². The Balaban J connectivity index is 3.21. The first-order valence-electron chi connectivity index (χ1n) is 4.75. The first kappa shape index (κ1) is 13.6. The number of aliphatic carboxylic acids is 3. The molecule has 7 heteroatoms. The number of carboxylic acids is 3. The second-order valence-electron chi connectivity index (χ2n) is 3.62. The van der Waals surface area contributed by atoms with Crippen LogP contribution < -0.4 is 0 Å². The third-order valence-corrected chi connectivity index (χ3v) is 2.48. The van der Waals surface area contributed by atoms with Crippen LogP contribution in [0.15, 0.2) is 24.3 Å². The van der Waals surface area contributed by atoms with Crippen molar-refractivity contribution in [1.82, 2.24) is 0 Å². The Bertz CT molecular complexity index is 457. The molecule has 0 spiro atoms. The SMILES string of the molecule is O=C(O)C(Cc1ccc(F)cc1)(C(=O)O)C(=O)O. The Morgan fingerprint density at radius 1 is 0.944 bits per heavy atom. The molecule has 0 fully saturated rings. The summed E-state index contributed by atoms with van der Waals surface area (Å²) in [6.07, 6.45) is -0.771. The third kappa shape index (κ3) is 2.29. The van der Waals surface area contributed by atoms with Crippen LogP contribution in [0.1, 0.15) is 5.56 Å². The average molecular weight is 256 g/mol. The number of halogens is 1. The summed E-state index contributed by atoms with van der Waals surface area (Å²) in [6, 6.07) is 4.26. The van der Waals surface area contributed by atoms with Gasteiger partial charge in [0.1, 0.15) is 5.82 Å². The van der Waals surface area contributed by atoms with E-state index in [2.05, 4.69) is 0 Å². The van der Waals surface area contributed by atoms with E-state index in [1.807, 2.05) is 0 Å². The van der Waals surface area contributed by atoms with E-state index in [0.29, 0.717) is 0 Å². The van der Waals surface area contributed by atoms with Gasteiger partial charge in [-0.25, -0.2) is 4.39 Å². The van der Waals surface area contributed by atoms with Crippen LogP contribution in [0.4, 0.5) is 4.39 Å². The Hall–Kier alpha value is -2.44. The zero-order valence-corrected chi connectivity index (χ0v) is 8.96. The van der Waals surface area contributed by atoms with Gasteiger partial charge in [0.2, 0.25) is 0 Å². The number of carbonyl (C=O) groups is 3. The molecule has 1 rings (SSSR count). The van der Waals surface area contributed by atoms with Gasteiger partial charge in [-0.05, 0) is 17.7 Å². The Morgan fingerprint density at radius 3 is 1.67 bits per heavy atom. The van der Waals surface area contributed by atoms with Crippen molar-refractivity contribution in [3.8, 4) is 0 Å². The average Bonchev–Trinajstić information content (AvgIpc) is 2.26. The predicted octanol–water partition coefficient (Wildman–Crippen LogP) is 0.608. The van der Waals surface area contributed by atoms with Crippen molar-refractivity contribution in [2.75, 3.05) is 0 Å². The van der Waals surface area contributed by atoms with Crippen LogP contribution in [0, 0.1) is 11.2 Å². The van der Waals surface area contributed by atoms with E-state index in [1.54, 1.807) is 0 Å². The predicted molar refractivity (Wildman–Crippen MR) is 55.4 cm³/mol. The summed E-state index contributed by atoms with van der Waals surface area (Å²) in [6.45, 7) is 0. The molecular weight excluding hydrogens is 247 g/mol. The molecule has 0 saturated carbocycles. The van der Waals surface area contributed by atoms with Gasteiger partial charge in [-0.3, -0.25) is 14.4 Å². The van der Waals surface area contributed by atoms with Crippen molar-refractivity contribution in [2.45, 2.75) is 6.42 Å². The maximum Gasteiger partial charge on any atom is 0.333 e. The van der Waals surface area contributed by atoms with Crippen molar-refractivity contribution in [2.24, 2.45) is 5.41 Å². The molecule has 0 aliphatic heterocycles. The minimum Gasteiger partial charge on any atom is -0.480 e. The standard InChI is InChI=1S/C11H9FO6/c12-7-3-1-6(2-4-7)5-11(8(13)14,9(15)16)10(17)18/h1-4H,5H2,(H,13,14)(H,15,16)(H,17,18). The van der Waals surface area contributed by atoms with Crippen LogP contribution in [-0.2, 0) is 20.8 Å². The Kier molecular flexibility index (Phi) is 3.65. The highest BCUT2D eigenvalue weighted by Gasteiger charge is 2.54. The van der Waals surface area contributed by atoms with Crippen LogP contribution in [0.2, 0.25) is 0 Å². The number of benzene rings is 1. The molecule has 0 bridgehead atoms. The van der Waals surface area contributed by atoms with E-state index in [1.165, 1.54) is 0 Å². The van der Waals surface area contributed by atoms with Gasteiger partial charge in [-0.2, -0.15) is 0 Å². The number of rotatable bonds is 5. The van der Waals surface area contributed by atoms with Crippen molar-refractivity contribution in [1.29, 1.82) is 0 Å². The van der Waals surface area contributed by atoms with E-state index >= 15 is 0 Å². The molecule has 0 aliphatic rings. The van der Waals surface area contributed by atoms with Gasteiger partial charge in [-0.15, -0.1) is 0 Å². The van der Waals surface area contributed by atoms with Crippen molar-refractivity contribution in [3.05, 3.63) is 35.6 Å². The molecule has 18 heavy (non-hydrogen) atoms. The fourth-order valence-electron chi connectivity index (χ4n) is 1.41.